The van der Waals surface area contributed by atoms with Crippen LogP contribution in [-0.2, 0) is 4.74 Å². The van der Waals surface area contributed by atoms with Crippen molar-refractivity contribution < 1.29 is 14.5 Å². The van der Waals surface area contributed by atoms with Crippen molar-refractivity contribution >= 4 is 23.0 Å². The normalized spacial score (nSPS) is 14.3. The molecule has 0 aliphatic carbocycles. The van der Waals surface area contributed by atoms with E-state index in [1.165, 1.54) is 12.1 Å². The summed E-state index contributed by atoms with van der Waals surface area (Å²) in [5.41, 5.74) is 2.90. The molecule has 1 heterocycles. The smallest absolute Gasteiger partial charge is 0.271 e. The maximum Gasteiger partial charge on any atom is 0.271 e. The molecule has 0 unspecified atom stereocenters. The first kappa shape index (κ1) is 18.8. The van der Waals surface area contributed by atoms with Crippen molar-refractivity contribution in [3.8, 4) is 0 Å². The molecule has 0 atom stereocenters. The largest absolute Gasteiger partial charge is 0.378 e. The molecule has 1 saturated heterocycles. The second-order valence-electron chi connectivity index (χ2n) is 6.79. The molecule has 2 aromatic rings. The van der Waals surface area contributed by atoms with Crippen LogP contribution in [0.2, 0.25) is 0 Å². The van der Waals surface area contributed by atoms with E-state index in [9.17, 15) is 14.9 Å². The van der Waals surface area contributed by atoms with Gasteiger partial charge in [0.05, 0.1) is 29.5 Å². The average Bonchev–Trinajstić information content (AvgIpc) is 2.68. The monoisotopic (exact) mass is 369 g/mol. The van der Waals surface area contributed by atoms with Gasteiger partial charge in [-0.15, -0.1) is 0 Å². The fourth-order valence-electron chi connectivity index (χ4n) is 3.02. The van der Waals surface area contributed by atoms with Crippen molar-refractivity contribution in [1.82, 2.24) is 0 Å². The van der Waals surface area contributed by atoms with Gasteiger partial charge in [0.1, 0.15) is 0 Å². The fourth-order valence-corrected chi connectivity index (χ4v) is 3.02. The first-order valence-corrected chi connectivity index (χ1v) is 8.98. The van der Waals surface area contributed by atoms with Gasteiger partial charge in [0.2, 0.25) is 0 Å². The van der Waals surface area contributed by atoms with Crippen LogP contribution in [0.3, 0.4) is 0 Å². The molecule has 2 aromatic carbocycles. The van der Waals surface area contributed by atoms with Crippen molar-refractivity contribution in [2.24, 2.45) is 0 Å². The summed E-state index contributed by atoms with van der Waals surface area (Å²) in [5.74, 6) is 0.151. The summed E-state index contributed by atoms with van der Waals surface area (Å²) in [7, 11) is 0. The number of carbonyl (C=O) groups excluding carboxylic acids is 1. The number of amides is 1. The summed E-state index contributed by atoms with van der Waals surface area (Å²) in [5, 5.41) is 14.0. The Labute approximate surface area is 158 Å². The highest BCUT2D eigenvalue weighted by molar-refractivity contribution is 6.06. The zero-order chi connectivity index (χ0) is 19.4. The molecular weight excluding hydrogens is 346 g/mol. The summed E-state index contributed by atoms with van der Waals surface area (Å²) in [6.45, 7) is 6.53. The molecule has 0 saturated carbocycles. The SMILES string of the molecule is CC(C)c1ccc(C(=O)Nc2ccc([N+](=O)[O-])cc2N2CCOCC2)cc1. The quantitative estimate of drug-likeness (QED) is 0.640. The van der Waals surface area contributed by atoms with Gasteiger partial charge in [0.15, 0.2) is 0 Å². The minimum Gasteiger partial charge on any atom is -0.378 e. The molecule has 27 heavy (non-hydrogen) atoms. The number of morpholine rings is 1. The third-order valence-electron chi connectivity index (χ3n) is 4.63. The Kier molecular flexibility index (Phi) is 5.71. The van der Waals surface area contributed by atoms with Crippen LogP contribution in [0.5, 0.6) is 0 Å². The summed E-state index contributed by atoms with van der Waals surface area (Å²) in [6, 6.07) is 12.0. The Morgan fingerprint density at radius 1 is 1.15 bits per heavy atom. The number of benzene rings is 2. The van der Waals surface area contributed by atoms with Crippen LogP contribution in [-0.4, -0.2) is 37.1 Å². The zero-order valence-corrected chi connectivity index (χ0v) is 15.5. The van der Waals surface area contributed by atoms with E-state index in [4.69, 9.17) is 4.74 Å². The van der Waals surface area contributed by atoms with Gasteiger partial charge < -0.3 is 15.0 Å². The zero-order valence-electron chi connectivity index (χ0n) is 15.5. The van der Waals surface area contributed by atoms with Crippen LogP contribution in [0, 0.1) is 10.1 Å². The van der Waals surface area contributed by atoms with Gasteiger partial charge >= 0.3 is 0 Å². The van der Waals surface area contributed by atoms with Crippen LogP contribution in [0.25, 0.3) is 0 Å². The van der Waals surface area contributed by atoms with E-state index in [1.807, 2.05) is 17.0 Å². The summed E-state index contributed by atoms with van der Waals surface area (Å²) in [6.07, 6.45) is 0. The number of ether oxygens (including phenoxy) is 1. The van der Waals surface area contributed by atoms with Crippen molar-refractivity contribution in [1.29, 1.82) is 0 Å². The maximum atomic E-state index is 12.7. The average molecular weight is 369 g/mol. The first-order chi connectivity index (χ1) is 13.0. The molecule has 0 radical (unpaired) electrons. The second-order valence-corrected chi connectivity index (χ2v) is 6.79. The van der Waals surface area contributed by atoms with E-state index in [0.29, 0.717) is 49.2 Å². The molecule has 0 bridgehead atoms. The Bertz CT molecular complexity index is 828. The summed E-state index contributed by atoms with van der Waals surface area (Å²) >= 11 is 0. The molecule has 3 rings (SSSR count). The predicted molar refractivity (Wildman–Crippen MR) is 105 cm³/mol. The third-order valence-corrected chi connectivity index (χ3v) is 4.63. The number of rotatable bonds is 5. The lowest BCUT2D eigenvalue weighted by Gasteiger charge is -2.30. The molecule has 7 nitrogen and oxygen atoms in total. The topological polar surface area (TPSA) is 84.7 Å². The number of anilines is 2. The van der Waals surface area contributed by atoms with Crippen molar-refractivity contribution in [2.45, 2.75) is 19.8 Å². The lowest BCUT2D eigenvalue weighted by Crippen LogP contribution is -2.36. The molecule has 1 aliphatic heterocycles. The van der Waals surface area contributed by atoms with Crippen LogP contribution >= 0.6 is 0 Å². The highest BCUT2D eigenvalue weighted by atomic mass is 16.6. The van der Waals surface area contributed by atoms with Gasteiger partial charge in [-0.1, -0.05) is 26.0 Å². The second kappa shape index (κ2) is 8.18. The van der Waals surface area contributed by atoms with E-state index >= 15 is 0 Å². The molecule has 1 amide bonds. The van der Waals surface area contributed by atoms with Crippen molar-refractivity contribution in [2.75, 3.05) is 36.5 Å². The van der Waals surface area contributed by atoms with Gasteiger partial charge in [-0.05, 0) is 29.7 Å². The van der Waals surface area contributed by atoms with Gasteiger partial charge in [-0.2, -0.15) is 0 Å². The third kappa shape index (κ3) is 4.43. The molecule has 0 aromatic heterocycles. The standard InChI is InChI=1S/C20H23N3O4/c1-14(2)15-3-5-16(6-4-15)20(24)21-18-8-7-17(23(25)26)13-19(18)22-9-11-27-12-10-22/h3-8,13-14H,9-12H2,1-2H3,(H,21,24). The molecule has 142 valence electrons. The highest BCUT2D eigenvalue weighted by Crippen LogP contribution is 2.31. The fraction of sp³-hybridized carbons (Fsp3) is 0.350. The first-order valence-electron chi connectivity index (χ1n) is 8.98. The van der Waals surface area contributed by atoms with E-state index < -0.39 is 4.92 Å². The molecular formula is C20H23N3O4. The van der Waals surface area contributed by atoms with Gasteiger partial charge in [-0.3, -0.25) is 14.9 Å². The number of nitrogens with zero attached hydrogens (tertiary/aromatic N) is 2. The summed E-state index contributed by atoms with van der Waals surface area (Å²) < 4.78 is 5.36. The number of nitrogens with one attached hydrogen (secondary N) is 1. The number of hydrogen-bond acceptors (Lipinski definition) is 5. The lowest BCUT2D eigenvalue weighted by molar-refractivity contribution is -0.384. The van der Waals surface area contributed by atoms with Crippen molar-refractivity contribution in [3.63, 3.8) is 0 Å². The lowest BCUT2D eigenvalue weighted by atomic mass is 10.0. The van der Waals surface area contributed by atoms with E-state index in [2.05, 4.69) is 19.2 Å². The van der Waals surface area contributed by atoms with Crippen LogP contribution in [0.15, 0.2) is 42.5 Å². The Hall–Kier alpha value is -2.93. The Balaban J connectivity index is 1.86. The minimum atomic E-state index is -0.430. The summed E-state index contributed by atoms with van der Waals surface area (Å²) in [4.78, 5) is 25.4. The molecule has 0 spiro atoms. The van der Waals surface area contributed by atoms with Crippen LogP contribution in [0.4, 0.5) is 17.1 Å². The Morgan fingerprint density at radius 3 is 2.41 bits per heavy atom. The Morgan fingerprint density at radius 2 is 1.81 bits per heavy atom. The van der Waals surface area contributed by atoms with Gasteiger partial charge in [0.25, 0.3) is 11.6 Å². The van der Waals surface area contributed by atoms with Crippen LogP contribution < -0.4 is 10.2 Å². The van der Waals surface area contributed by atoms with Crippen LogP contribution in [0.1, 0.15) is 35.7 Å². The minimum absolute atomic E-state index is 0.00391. The molecule has 1 fully saturated rings. The molecule has 7 heteroatoms. The number of carbonyl (C=O) groups is 1. The number of nitro benzene ring substituents is 1. The molecule has 1 N–H and O–H groups in total. The highest BCUT2D eigenvalue weighted by Gasteiger charge is 2.20. The van der Waals surface area contributed by atoms with E-state index in [0.717, 1.165) is 5.56 Å². The maximum absolute atomic E-state index is 12.7. The van der Waals surface area contributed by atoms with E-state index in [1.54, 1.807) is 18.2 Å². The predicted octanol–water partition coefficient (Wildman–Crippen LogP) is 3.81. The van der Waals surface area contributed by atoms with Gasteiger partial charge in [-0.25, -0.2) is 0 Å². The number of non-ortho nitro benzene ring substituents is 1. The van der Waals surface area contributed by atoms with E-state index in [-0.39, 0.29) is 11.6 Å². The number of nitro groups is 1. The van der Waals surface area contributed by atoms with Gasteiger partial charge in [0, 0.05) is 30.8 Å². The van der Waals surface area contributed by atoms with Crippen molar-refractivity contribution in [3.05, 3.63) is 63.7 Å². The number of hydrogen-bond donors (Lipinski definition) is 1. The molecule has 1 aliphatic rings.